The summed E-state index contributed by atoms with van der Waals surface area (Å²) in [5.41, 5.74) is 1.66. The Morgan fingerprint density at radius 2 is 1.61 bits per heavy atom. The van der Waals surface area contributed by atoms with Crippen LogP contribution in [0.15, 0.2) is 54.9 Å². The third kappa shape index (κ3) is 4.71. The summed E-state index contributed by atoms with van der Waals surface area (Å²) in [6.45, 7) is 7.05. The fourth-order valence-electron chi connectivity index (χ4n) is 4.15. The van der Waals surface area contributed by atoms with Gasteiger partial charge in [-0.1, -0.05) is 0 Å². The molecule has 1 saturated heterocycles. The van der Waals surface area contributed by atoms with E-state index in [1.165, 1.54) is 18.2 Å². The number of rotatable bonds is 3. The molecule has 0 aliphatic carbocycles. The molecule has 4 aromatic rings. The third-order valence-corrected chi connectivity index (χ3v) is 5.82. The number of anilines is 1. The smallest absolute Gasteiger partial charge is 0.410 e. The summed E-state index contributed by atoms with van der Waals surface area (Å²) in [4.78, 5) is 29.3. The molecule has 1 aliphatic rings. The van der Waals surface area contributed by atoms with Gasteiger partial charge in [0.25, 0.3) is 0 Å². The van der Waals surface area contributed by atoms with Crippen molar-refractivity contribution in [1.82, 2.24) is 24.4 Å². The van der Waals surface area contributed by atoms with Crippen molar-refractivity contribution in [2.45, 2.75) is 26.4 Å². The Balaban J connectivity index is 1.51. The van der Waals surface area contributed by atoms with Crippen molar-refractivity contribution < 1.29 is 18.3 Å². The Labute approximate surface area is 207 Å². The van der Waals surface area contributed by atoms with E-state index in [9.17, 15) is 9.18 Å². The van der Waals surface area contributed by atoms with Gasteiger partial charge in [-0.05, 0) is 57.2 Å². The van der Waals surface area contributed by atoms with Gasteiger partial charge < -0.3 is 14.5 Å². The molecular formula is C26H26F2N6O2. The van der Waals surface area contributed by atoms with Crippen LogP contribution in [0, 0.1) is 11.6 Å². The Hall–Kier alpha value is -4.08. The van der Waals surface area contributed by atoms with Gasteiger partial charge >= 0.3 is 6.09 Å². The van der Waals surface area contributed by atoms with Crippen molar-refractivity contribution in [3.05, 3.63) is 66.5 Å². The van der Waals surface area contributed by atoms with Crippen LogP contribution < -0.4 is 4.90 Å². The van der Waals surface area contributed by atoms with Gasteiger partial charge in [0.05, 0.1) is 5.69 Å². The summed E-state index contributed by atoms with van der Waals surface area (Å²) in [6.07, 6.45) is 2.91. The van der Waals surface area contributed by atoms with Crippen molar-refractivity contribution in [2.24, 2.45) is 0 Å². The molecule has 0 atom stereocenters. The maximum atomic E-state index is 15.3. The Morgan fingerprint density at radius 1 is 0.944 bits per heavy atom. The molecule has 1 fully saturated rings. The van der Waals surface area contributed by atoms with Crippen LogP contribution in [0.3, 0.4) is 0 Å². The second kappa shape index (κ2) is 9.18. The molecule has 8 nitrogen and oxygen atoms in total. The number of ether oxygens (including phenoxy) is 1. The van der Waals surface area contributed by atoms with Crippen LogP contribution in [0.1, 0.15) is 20.8 Å². The lowest BCUT2D eigenvalue weighted by atomic mass is 10.2. The zero-order valence-electron chi connectivity index (χ0n) is 20.3. The first-order chi connectivity index (χ1) is 17.2. The molecular weight excluding hydrogens is 466 g/mol. The van der Waals surface area contributed by atoms with E-state index in [1.54, 1.807) is 41.6 Å². The minimum absolute atomic E-state index is 0.187. The summed E-state index contributed by atoms with van der Waals surface area (Å²) in [6, 6.07) is 10.9. The number of hydrogen-bond acceptors (Lipinski definition) is 6. The zero-order valence-corrected chi connectivity index (χ0v) is 20.3. The van der Waals surface area contributed by atoms with Gasteiger partial charge in [-0.25, -0.2) is 23.5 Å². The highest BCUT2D eigenvalue weighted by Gasteiger charge is 2.28. The highest BCUT2D eigenvalue weighted by Crippen LogP contribution is 2.31. The van der Waals surface area contributed by atoms with Crippen molar-refractivity contribution in [2.75, 3.05) is 31.1 Å². The first-order valence-electron chi connectivity index (χ1n) is 11.7. The average Bonchev–Trinajstić information content (AvgIpc) is 3.21. The van der Waals surface area contributed by atoms with Gasteiger partial charge in [0.1, 0.15) is 22.8 Å². The second-order valence-corrected chi connectivity index (χ2v) is 9.57. The van der Waals surface area contributed by atoms with E-state index in [0.29, 0.717) is 48.7 Å². The SMILES string of the molecule is CC(C)(C)OC(=O)N1CCN(c2nc3c(cc2F)nc(-c2ccc(F)cc2)n3-c2ccncc2)CC1. The number of hydrogen-bond donors (Lipinski definition) is 0. The van der Waals surface area contributed by atoms with Gasteiger partial charge in [0.15, 0.2) is 17.3 Å². The Kier molecular flexibility index (Phi) is 6.03. The molecule has 3 aromatic heterocycles. The number of piperazine rings is 1. The van der Waals surface area contributed by atoms with Crippen LogP contribution in [-0.2, 0) is 4.74 Å². The van der Waals surface area contributed by atoms with E-state index in [1.807, 2.05) is 30.2 Å². The molecule has 0 unspecified atom stereocenters. The van der Waals surface area contributed by atoms with Crippen LogP contribution in [0.4, 0.5) is 19.4 Å². The second-order valence-electron chi connectivity index (χ2n) is 9.57. The lowest BCUT2D eigenvalue weighted by Gasteiger charge is -2.36. The number of benzene rings is 1. The lowest BCUT2D eigenvalue weighted by molar-refractivity contribution is 0.0240. The Morgan fingerprint density at radius 3 is 2.25 bits per heavy atom. The highest BCUT2D eigenvalue weighted by molar-refractivity contribution is 5.82. The van der Waals surface area contributed by atoms with Gasteiger partial charge in [-0.2, -0.15) is 0 Å². The molecule has 1 aromatic carbocycles. The quantitative estimate of drug-likeness (QED) is 0.408. The average molecular weight is 493 g/mol. The van der Waals surface area contributed by atoms with E-state index >= 15 is 4.39 Å². The van der Waals surface area contributed by atoms with Crippen LogP contribution in [0.5, 0.6) is 0 Å². The van der Waals surface area contributed by atoms with Gasteiger partial charge in [0.2, 0.25) is 0 Å². The van der Waals surface area contributed by atoms with E-state index in [2.05, 4.69) is 15.0 Å². The van der Waals surface area contributed by atoms with Crippen molar-refractivity contribution in [1.29, 1.82) is 0 Å². The predicted molar refractivity (Wildman–Crippen MR) is 132 cm³/mol. The molecule has 10 heteroatoms. The number of carbonyl (C=O) groups excluding carboxylic acids is 1. The minimum atomic E-state index is -0.583. The highest BCUT2D eigenvalue weighted by atomic mass is 19.1. The number of pyridine rings is 2. The summed E-state index contributed by atoms with van der Waals surface area (Å²) < 4.78 is 36.1. The molecule has 0 bridgehead atoms. The van der Waals surface area contributed by atoms with Crippen LogP contribution in [-0.4, -0.2) is 62.3 Å². The topological polar surface area (TPSA) is 76.4 Å². The summed E-state index contributed by atoms with van der Waals surface area (Å²) in [5.74, 6) is -0.164. The fourth-order valence-corrected chi connectivity index (χ4v) is 4.15. The van der Waals surface area contributed by atoms with Gasteiger partial charge in [-0.3, -0.25) is 9.55 Å². The normalized spacial score (nSPS) is 14.4. The third-order valence-electron chi connectivity index (χ3n) is 5.82. The summed E-state index contributed by atoms with van der Waals surface area (Å²) in [5, 5.41) is 0. The molecule has 5 rings (SSSR count). The summed E-state index contributed by atoms with van der Waals surface area (Å²) >= 11 is 0. The molecule has 1 aliphatic heterocycles. The first kappa shape index (κ1) is 23.7. The van der Waals surface area contributed by atoms with E-state index in [4.69, 9.17) is 4.74 Å². The van der Waals surface area contributed by atoms with Crippen LogP contribution in [0.25, 0.3) is 28.2 Å². The molecule has 4 heterocycles. The number of aromatic nitrogens is 4. The van der Waals surface area contributed by atoms with Crippen molar-refractivity contribution in [3.63, 3.8) is 0 Å². The van der Waals surface area contributed by atoms with Gasteiger partial charge in [-0.15, -0.1) is 0 Å². The fraction of sp³-hybridized carbons (Fsp3) is 0.308. The van der Waals surface area contributed by atoms with Crippen molar-refractivity contribution >= 4 is 23.1 Å². The largest absolute Gasteiger partial charge is 0.444 e. The monoisotopic (exact) mass is 492 g/mol. The summed E-state index contributed by atoms with van der Waals surface area (Å²) in [7, 11) is 0. The molecule has 0 radical (unpaired) electrons. The molecule has 186 valence electrons. The molecule has 0 N–H and O–H groups in total. The maximum Gasteiger partial charge on any atom is 0.410 e. The van der Waals surface area contributed by atoms with E-state index in [0.717, 1.165) is 5.69 Å². The number of amides is 1. The van der Waals surface area contributed by atoms with E-state index < -0.39 is 11.4 Å². The number of halogens is 2. The van der Waals surface area contributed by atoms with Crippen LogP contribution in [0.2, 0.25) is 0 Å². The standard InChI is InChI=1S/C26H26F2N6O2/c1-26(2,3)36-25(35)33-14-12-32(13-15-33)23-20(28)16-21-24(31-23)34(19-8-10-29-11-9-19)22(30-21)17-4-6-18(27)7-5-17/h4-11,16H,12-15H2,1-3H3. The van der Waals surface area contributed by atoms with E-state index in [-0.39, 0.29) is 17.7 Å². The van der Waals surface area contributed by atoms with Crippen molar-refractivity contribution in [3.8, 4) is 17.1 Å². The number of fused-ring (bicyclic) bond motifs is 1. The first-order valence-corrected chi connectivity index (χ1v) is 11.7. The van der Waals surface area contributed by atoms with Gasteiger partial charge in [0, 0.05) is 50.2 Å². The zero-order chi connectivity index (χ0) is 25.4. The molecule has 36 heavy (non-hydrogen) atoms. The molecule has 0 saturated carbocycles. The number of nitrogens with zero attached hydrogens (tertiary/aromatic N) is 6. The van der Waals surface area contributed by atoms with Crippen LogP contribution >= 0.6 is 0 Å². The Bertz CT molecular complexity index is 1390. The molecule has 0 spiro atoms. The number of imidazole rings is 1. The molecule has 1 amide bonds. The minimum Gasteiger partial charge on any atom is -0.444 e. The predicted octanol–water partition coefficient (Wildman–Crippen LogP) is 4.82. The lowest BCUT2D eigenvalue weighted by Crippen LogP contribution is -2.50. The maximum absolute atomic E-state index is 15.3. The number of carbonyl (C=O) groups is 1.